The Bertz CT molecular complexity index is 573. The van der Waals surface area contributed by atoms with Gasteiger partial charge in [-0.15, -0.1) is 0 Å². The van der Waals surface area contributed by atoms with Crippen LogP contribution in [0.3, 0.4) is 0 Å². The van der Waals surface area contributed by atoms with Crippen LogP contribution >= 0.6 is 11.6 Å². The Balaban J connectivity index is 2.57. The molecule has 0 aromatic carbocycles. The van der Waals surface area contributed by atoms with Gasteiger partial charge in [0.2, 0.25) is 0 Å². The number of hydrogen-bond donors (Lipinski definition) is 0. The lowest BCUT2D eigenvalue weighted by atomic mass is 9.70. The fourth-order valence-corrected chi connectivity index (χ4v) is 3.36. The Morgan fingerprint density at radius 3 is 2.29 bits per heavy atom. The normalized spacial score (nSPS) is 26.0. The summed E-state index contributed by atoms with van der Waals surface area (Å²) in [6, 6.07) is 2.38. The third-order valence-corrected chi connectivity index (χ3v) is 5.38. The average molecular weight is 304 g/mol. The minimum Gasteiger partial charge on any atom is -0.192 e. The van der Waals surface area contributed by atoms with Crippen LogP contribution in [-0.4, -0.2) is 0 Å². The quantitative estimate of drug-likeness (QED) is 0.551. The molecule has 2 aliphatic carbocycles. The maximum absolute atomic E-state index is 9.63. The molecule has 0 unspecified atom stereocenters. The SMILES string of the molecule is CC(C)=C(Cl)/C(C#N)=C1/CCC(C)(C)C/C1=C(/C)C1CC1. The van der Waals surface area contributed by atoms with E-state index < -0.39 is 0 Å². The largest absolute Gasteiger partial charge is 0.192 e. The molecule has 0 amide bonds. The molecule has 0 aromatic rings. The van der Waals surface area contributed by atoms with Crippen molar-refractivity contribution in [2.75, 3.05) is 0 Å². The first-order chi connectivity index (χ1) is 9.76. The maximum atomic E-state index is 9.63. The van der Waals surface area contributed by atoms with Gasteiger partial charge in [0, 0.05) is 0 Å². The van der Waals surface area contributed by atoms with Crippen LogP contribution in [0.2, 0.25) is 0 Å². The van der Waals surface area contributed by atoms with E-state index in [0.29, 0.717) is 16.0 Å². The van der Waals surface area contributed by atoms with Crippen molar-refractivity contribution in [1.82, 2.24) is 0 Å². The highest BCUT2D eigenvalue weighted by Crippen LogP contribution is 2.48. The average Bonchev–Trinajstić information content (AvgIpc) is 3.23. The summed E-state index contributed by atoms with van der Waals surface area (Å²) < 4.78 is 0. The van der Waals surface area contributed by atoms with E-state index in [-0.39, 0.29) is 0 Å². The molecular formula is C19H26ClN. The molecule has 0 spiro atoms. The highest BCUT2D eigenvalue weighted by atomic mass is 35.5. The Morgan fingerprint density at radius 2 is 1.81 bits per heavy atom. The van der Waals surface area contributed by atoms with Crippen molar-refractivity contribution in [3.63, 3.8) is 0 Å². The van der Waals surface area contributed by atoms with Gasteiger partial charge in [-0.3, -0.25) is 0 Å². The third kappa shape index (κ3) is 3.61. The number of nitrogens with zero attached hydrogens (tertiary/aromatic N) is 1. The second kappa shape index (κ2) is 6.01. The summed E-state index contributed by atoms with van der Waals surface area (Å²) in [7, 11) is 0. The maximum Gasteiger partial charge on any atom is 0.101 e. The summed E-state index contributed by atoms with van der Waals surface area (Å²) in [5.74, 6) is 0.745. The van der Waals surface area contributed by atoms with Gasteiger partial charge >= 0.3 is 0 Å². The zero-order valence-corrected chi connectivity index (χ0v) is 14.7. The van der Waals surface area contributed by atoms with Crippen molar-refractivity contribution in [3.05, 3.63) is 32.9 Å². The second-order valence-electron chi connectivity index (χ2n) is 7.56. The zero-order chi connectivity index (χ0) is 15.8. The molecule has 2 rings (SSSR count). The van der Waals surface area contributed by atoms with Crippen molar-refractivity contribution in [2.24, 2.45) is 11.3 Å². The minimum absolute atomic E-state index is 0.326. The second-order valence-corrected chi connectivity index (χ2v) is 7.93. The van der Waals surface area contributed by atoms with Gasteiger partial charge in [0.05, 0.1) is 10.6 Å². The molecule has 0 N–H and O–H groups in total. The summed E-state index contributed by atoms with van der Waals surface area (Å²) in [6.45, 7) is 10.9. The number of nitriles is 1. The van der Waals surface area contributed by atoms with E-state index in [0.717, 1.165) is 30.8 Å². The van der Waals surface area contributed by atoms with E-state index in [2.05, 4.69) is 26.8 Å². The molecule has 0 heterocycles. The lowest BCUT2D eigenvalue weighted by Gasteiger charge is -2.35. The van der Waals surface area contributed by atoms with Crippen molar-refractivity contribution >= 4 is 11.6 Å². The molecule has 2 heteroatoms. The van der Waals surface area contributed by atoms with Crippen LogP contribution in [0.5, 0.6) is 0 Å². The molecule has 1 nitrogen and oxygen atoms in total. The Labute approximate surface area is 134 Å². The Hall–Kier alpha value is -1.00. The van der Waals surface area contributed by atoms with Gasteiger partial charge < -0.3 is 0 Å². The van der Waals surface area contributed by atoms with Crippen LogP contribution in [0.25, 0.3) is 0 Å². The third-order valence-electron chi connectivity index (χ3n) is 4.81. The van der Waals surface area contributed by atoms with Crippen molar-refractivity contribution in [2.45, 2.75) is 66.7 Å². The summed E-state index contributed by atoms with van der Waals surface area (Å²) in [6.07, 6.45) is 5.78. The number of rotatable bonds is 2. The predicted molar refractivity (Wildman–Crippen MR) is 89.9 cm³/mol. The minimum atomic E-state index is 0.326. The van der Waals surface area contributed by atoms with Gasteiger partial charge in [-0.25, -0.2) is 0 Å². The van der Waals surface area contributed by atoms with Crippen LogP contribution in [0.1, 0.15) is 66.7 Å². The number of hydrogen-bond acceptors (Lipinski definition) is 1. The molecule has 2 saturated carbocycles. The standard InChI is InChI=1S/C19H26ClN/c1-12(2)18(20)17(11-21)15-8-9-19(4,5)10-16(15)13(3)14-6-7-14/h14H,6-10H2,1-5H3/b16-13+,17-15-. The fourth-order valence-electron chi connectivity index (χ4n) is 3.20. The van der Waals surface area contributed by atoms with Crippen molar-refractivity contribution in [3.8, 4) is 6.07 Å². The number of halogens is 1. The van der Waals surface area contributed by atoms with Crippen LogP contribution in [0, 0.1) is 22.7 Å². The van der Waals surface area contributed by atoms with E-state index in [1.54, 1.807) is 0 Å². The predicted octanol–water partition coefficient (Wildman–Crippen LogP) is 6.28. The Morgan fingerprint density at radius 1 is 1.19 bits per heavy atom. The summed E-state index contributed by atoms with van der Waals surface area (Å²) in [5.41, 5.74) is 6.20. The van der Waals surface area contributed by atoms with Crippen LogP contribution < -0.4 is 0 Å². The molecule has 0 bridgehead atoms. The van der Waals surface area contributed by atoms with Gasteiger partial charge in [-0.2, -0.15) is 5.26 Å². The summed E-state index contributed by atoms with van der Waals surface area (Å²) >= 11 is 6.43. The molecule has 2 aliphatic rings. The topological polar surface area (TPSA) is 23.8 Å². The molecule has 114 valence electrons. The van der Waals surface area contributed by atoms with Crippen LogP contribution in [-0.2, 0) is 0 Å². The van der Waals surface area contributed by atoms with Crippen LogP contribution in [0.15, 0.2) is 32.9 Å². The molecule has 0 saturated heterocycles. The molecule has 0 aliphatic heterocycles. The molecular weight excluding hydrogens is 278 g/mol. The van der Waals surface area contributed by atoms with E-state index in [1.807, 2.05) is 13.8 Å². The molecule has 2 fully saturated rings. The van der Waals surface area contributed by atoms with E-state index in [9.17, 15) is 5.26 Å². The number of allylic oxidation sites excluding steroid dienone is 6. The molecule has 0 atom stereocenters. The monoisotopic (exact) mass is 303 g/mol. The lowest BCUT2D eigenvalue weighted by molar-refractivity contribution is 0.311. The first kappa shape index (κ1) is 16.4. The molecule has 0 radical (unpaired) electrons. The fraction of sp³-hybridized carbons (Fsp3) is 0.632. The highest BCUT2D eigenvalue weighted by Gasteiger charge is 2.34. The highest BCUT2D eigenvalue weighted by molar-refractivity contribution is 6.32. The summed E-state index contributed by atoms with van der Waals surface area (Å²) in [4.78, 5) is 0. The van der Waals surface area contributed by atoms with Gasteiger partial charge in [0.25, 0.3) is 0 Å². The molecule has 21 heavy (non-hydrogen) atoms. The Kier molecular flexibility index (Phi) is 4.69. The first-order valence-electron chi connectivity index (χ1n) is 7.93. The van der Waals surface area contributed by atoms with Crippen molar-refractivity contribution in [1.29, 1.82) is 5.26 Å². The van der Waals surface area contributed by atoms with Gasteiger partial charge in [0.1, 0.15) is 6.07 Å². The van der Waals surface area contributed by atoms with Gasteiger partial charge in [0.15, 0.2) is 0 Å². The van der Waals surface area contributed by atoms with E-state index in [4.69, 9.17) is 11.6 Å². The van der Waals surface area contributed by atoms with E-state index in [1.165, 1.54) is 29.6 Å². The molecule has 0 aromatic heterocycles. The van der Waals surface area contributed by atoms with E-state index >= 15 is 0 Å². The zero-order valence-electron chi connectivity index (χ0n) is 13.9. The van der Waals surface area contributed by atoms with Crippen molar-refractivity contribution < 1.29 is 0 Å². The summed E-state index contributed by atoms with van der Waals surface area (Å²) in [5, 5.41) is 10.3. The van der Waals surface area contributed by atoms with Gasteiger partial charge in [-0.1, -0.05) is 36.6 Å². The van der Waals surface area contributed by atoms with Crippen LogP contribution in [0.4, 0.5) is 0 Å². The van der Waals surface area contributed by atoms with Gasteiger partial charge in [-0.05, 0) is 75.4 Å². The first-order valence-corrected chi connectivity index (χ1v) is 8.31. The smallest absolute Gasteiger partial charge is 0.101 e. The lowest BCUT2D eigenvalue weighted by Crippen LogP contribution is -2.21.